The molecule has 1 saturated heterocycles. The standard InChI is InChI=1S/C23H33N3O3/c1-15(2)16(3)24-22(28)20(25-21(27)18-7-5-4-6-8-18)17-11-13-26(14-12-17)23(29)19-9-10-19/h4-8,15-17,19-20H,9-14H2,1-3H3,(H,24,28)(H,25,27). The number of carbonyl (C=O) groups is 3. The number of hydrogen-bond donors (Lipinski definition) is 2. The van der Waals surface area contributed by atoms with Crippen LogP contribution >= 0.6 is 0 Å². The monoisotopic (exact) mass is 399 g/mol. The van der Waals surface area contributed by atoms with Gasteiger partial charge in [0.05, 0.1) is 0 Å². The molecule has 3 rings (SSSR count). The van der Waals surface area contributed by atoms with Crippen molar-refractivity contribution in [2.24, 2.45) is 17.8 Å². The molecular weight excluding hydrogens is 366 g/mol. The van der Waals surface area contributed by atoms with Gasteiger partial charge in [0.15, 0.2) is 0 Å². The number of benzene rings is 1. The third kappa shape index (κ3) is 5.58. The van der Waals surface area contributed by atoms with E-state index in [0.717, 1.165) is 25.7 Å². The number of nitrogens with zero attached hydrogens (tertiary/aromatic N) is 1. The minimum absolute atomic E-state index is 0.0188. The van der Waals surface area contributed by atoms with Crippen molar-refractivity contribution in [1.82, 2.24) is 15.5 Å². The first-order valence-corrected chi connectivity index (χ1v) is 10.8. The minimum Gasteiger partial charge on any atom is -0.352 e. The van der Waals surface area contributed by atoms with Gasteiger partial charge in [-0.25, -0.2) is 0 Å². The Morgan fingerprint density at radius 1 is 0.931 bits per heavy atom. The number of amides is 3. The van der Waals surface area contributed by atoms with Crippen LogP contribution in [0, 0.1) is 17.8 Å². The van der Waals surface area contributed by atoms with Crippen LogP contribution in [0.15, 0.2) is 30.3 Å². The minimum atomic E-state index is -0.595. The molecule has 1 aliphatic carbocycles. The average molecular weight is 400 g/mol. The molecule has 1 aliphatic heterocycles. The van der Waals surface area contributed by atoms with Crippen molar-refractivity contribution in [3.63, 3.8) is 0 Å². The van der Waals surface area contributed by atoms with E-state index in [2.05, 4.69) is 24.5 Å². The number of nitrogens with one attached hydrogen (secondary N) is 2. The molecule has 6 nitrogen and oxygen atoms in total. The molecule has 1 heterocycles. The third-order valence-electron chi connectivity index (χ3n) is 6.22. The highest BCUT2D eigenvalue weighted by Crippen LogP contribution is 2.33. The van der Waals surface area contributed by atoms with E-state index in [9.17, 15) is 14.4 Å². The van der Waals surface area contributed by atoms with Gasteiger partial charge in [0.25, 0.3) is 5.91 Å². The summed E-state index contributed by atoms with van der Waals surface area (Å²) in [5, 5.41) is 6.03. The van der Waals surface area contributed by atoms with Gasteiger partial charge < -0.3 is 15.5 Å². The van der Waals surface area contributed by atoms with Crippen molar-refractivity contribution in [1.29, 1.82) is 0 Å². The number of likely N-dealkylation sites (tertiary alicyclic amines) is 1. The number of piperidine rings is 1. The second kappa shape index (κ2) is 9.42. The number of carbonyl (C=O) groups excluding carboxylic acids is 3. The first kappa shape index (κ1) is 21.3. The van der Waals surface area contributed by atoms with Crippen molar-refractivity contribution < 1.29 is 14.4 Å². The van der Waals surface area contributed by atoms with Crippen molar-refractivity contribution in [3.05, 3.63) is 35.9 Å². The molecule has 1 aromatic carbocycles. The maximum atomic E-state index is 13.1. The Bertz CT molecular complexity index is 722. The van der Waals surface area contributed by atoms with Crippen molar-refractivity contribution in [2.75, 3.05) is 13.1 Å². The Balaban J connectivity index is 1.67. The molecule has 158 valence electrons. The molecule has 3 amide bonds. The summed E-state index contributed by atoms with van der Waals surface area (Å²) in [6.45, 7) is 7.42. The molecular formula is C23H33N3O3. The van der Waals surface area contributed by atoms with E-state index in [1.54, 1.807) is 12.1 Å². The van der Waals surface area contributed by atoms with E-state index >= 15 is 0 Å². The van der Waals surface area contributed by atoms with E-state index < -0.39 is 6.04 Å². The fraction of sp³-hybridized carbons (Fsp3) is 0.609. The number of hydrogen-bond acceptors (Lipinski definition) is 3. The van der Waals surface area contributed by atoms with Crippen LogP contribution in [0.5, 0.6) is 0 Å². The SMILES string of the molecule is CC(C)C(C)NC(=O)C(NC(=O)c1ccccc1)C1CCN(C(=O)C2CC2)CC1. The molecule has 0 spiro atoms. The second-order valence-electron chi connectivity index (χ2n) is 8.80. The highest BCUT2D eigenvalue weighted by Gasteiger charge is 2.38. The van der Waals surface area contributed by atoms with E-state index in [-0.39, 0.29) is 35.6 Å². The van der Waals surface area contributed by atoms with Crippen LogP contribution in [0.3, 0.4) is 0 Å². The second-order valence-corrected chi connectivity index (χ2v) is 8.80. The highest BCUT2D eigenvalue weighted by molar-refractivity contribution is 5.97. The zero-order valence-corrected chi connectivity index (χ0v) is 17.7. The first-order chi connectivity index (χ1) is 13.9. The Kier molecular flexibility index (Phi) is 6.93. The Morgan fingerprint density at radius 3 is 2.10 bits per heavy atom. The Hall–Kier alpha value is -2.37. The van der Waals surface area contributed by atoms with Crippen LogP contribution in [-0.4, -0.2) is 47.8 Å². The molecule has 0 radical (unpaired) electrons. The fourth-order valence-corrected chi connectivity index (χ4v) is 3.73. The zero-order valence-electron chi connectivity index (χ0n) is 17.7. The summed E-state index contributed by atoms with van der Waals surface area (Å²) in [5.74, 6) is 0.427. The summed E-state index contributed by atoms with van der Waals surface area (Å²) in [7, 11) is 0. The van der Waals surface area contributed by atoms with Crippen molar-refractivity contribution in [3.8, 4) is 0 Å². The lowest BCUT2D eigenvalue weighted by Crippen LogP contribution is -2.55. The maximum Gasteiger partial charge on any atom is 0.251 e. The van der Waals surface area contributed by atoms with Gasteiger partial charge in [-0.15, -0.1) is 0 Å². The largest absolute Gasteiger partial charge is 0.352 e. The van der Waals surface area contributed by atoms with Gasteiger partial charge in [-0.1, -0.05) is 32.0 Å². The van der Waals surface area contributed by atoms with Crippen LogP contribution in [0.4, 0.5) is 0 Å². The normalized spacial score (nSPS) is 19.5. The van der Waals surface area contributed by atoms with Gasteiger partial charge in [-0.2, -0.15) is 0 Å². The topological polar surface area (TPSA) is 78.5 Å². The van der Waals surface area contributed by atoms with Gasteiger partial charge in [0.1, 0.15) is 6.04 Å². The predicted octanol–water partition coefficient (Wildman–Crippen LogP) is 2.59. The van der Waals surface area contributed by atoms with Gasteiger partial charge in [0.2, 0.25) is 11.8 Å². The highest BCUT2D eigenvalue weighted by atomic mass is 16.2. The Morgan fingerprint density at radius 2 is 1.55 bits per heavy atom. The molecule has 1 saturated carbocycles. The van der Waals surface area contributed by atoms with E-state index in [1.165, 1.54) is 0 Å². The maximum absolute atomic E-state index is 13.1. The first-order valence-electron chi connectivity index (χ1n) is 10.8. The van der Waals surface area contributed by atoms with Crippen LogP contribution in [0.25, 0.3) is 0 Å². The summed E-state index contributed by atoms with van der Waals surface area (Å²) in [5.41, 5.74) is 0.545. The smallest absolute Gasteiger partial charge is 0.251 e. The van der Waals surface area contributed by atoms with Crippen molar-refractivity contribution in [2.45, 2.75) is 58.5 Å². The van der Waals surface area contributed by atoms with E-state index in [0.29, 0.717) is 24.6 Å². The van der Waals surface area contributed by atoms with E-state index in [1.807, 2.05) is 30.0 Å². The molecule has 2 fully saturated rings. The lowest BCUT2D eigenvalue weighted by Gasteiger charge is -2.36. The molecule has 2 aliphatic rings. The predicted molar refractivity (Wildman–Crippen MR) is 112 cm³/mol. The summed E-state index contributed by atoms with van der Waals surface area (Å²) in [4.78, 5) is 40.0. The van der Waals surface area contributed by atoms with Gasteiger partial charge in [-0.3, -0.25) is 14.4 Å². The van der Waals surface area contributed by atoms with Crippen LogP contribution in [-0.2, 0) is 9.59 Å². The van der Waals surface area contributed by atoms with Crippen molar-refractivity contribution >= 4 is 17.7 Å². The molecule has 2 N–H and O–H groups in total. The molecule has 0 aromatic heterocycles. The molecule has 1 aromatic rings. The summed E-state index contributed by atoms with van der Waals surface area (Å²) < 4.78 is 0. The van der Waals surface area contributed by atoms with Gasteiger partial charge in [-0.05, 0) is 56.6 Å². The average Bonchev–Trinajstić information content (AvgIpc) is 3.57. The lowest BCUT2D eigenvalue weighted by molar-refractivity contribution is -0.134. The number of rotatable bonds is 7. The van der Waals surface area contributed by atoms with Crippen LogP contribution in [0.1, 0.15) is 56.8 Å². The van der Waals surface area contributed by atoms with Gasteiger partial charge >= 0.3 is 0 Å². The fourth-order valence-electron chi connectivity index (χ4n) is 3.73. The molecule has 6 heteroatoms. The summed E-state index contributed by atoms with van der Waals surface area (Å²) in [6, 6.07) is 8.41. The van der Waals surface area contributed by atoms with Crippen LogP contribution in [0.2, 0.25) is 0 Å². The molecule has 2 unspecified atom stereocenters. The van der Waals surface area contributed by atoms with Gasteiger partial charge in [0, 0.05) is 30.6 Å². The zero-order chi connectivity index (χ0) is 21.0. The Labute approximate surface area is 173 Å². The summed E-state index contributed by atoms with van der Waals surface area (Å²) >= 11 is 0. The molecule has 2 atom stereocenters. The molecule has 0 bridgehead atoms. The lowest BCUT2D eigenvalue weighted by atomic mass is 9.88. The molecule has 29 heavy (non-hydrogen) atoms. The third-order valence-corrected chi connectivity index (χ3v) is 6.22. The van der Waals surface area contributed by atoms with Crippen LogP contribution < -0.4 is 10.6 Å². The summed E-state index contributed by atoms with van der Waals surface area (Å²) in [6.07, 6.45) is 3.46. The van der Waals surface area contributed by atoms with E-state index in [4.69, 9.17) is 0 Å². The quantitative estimate of drug-likeness (QED) is 0.740.